The molecule has 4 heteroatoms. The summed E-state index contributed by atoms with van der Waals surface area (Å²) in [7, 11) is 4.54. The SMILES string of the molecule is CCC1CN(CC2CN(C)CCN2C)C(CC)CN1. The first kappa shape index (κ1) is 15.2. The van der Waals surface area contributed by atoms with E-state index < -0.39 is 0 Å². The largest absolute Gasteiger partial charge is 0.311 e. The van der Waals surface area contributed by atoms with Crippen molar-refractivity contribution in [3.8, 4) is 0 Å². The lowest BCUT2D eigenvalue weighted by Crippen LogP contribution is -2.61. The zero-order valence-electron chi connectivity index (χ0n) is 13.2. The van der Waals surface area contributed by atoms with Crippen LogP contribution in [0.2, 0.25) is 0 Å². The maximum atomic E-state index is 3.69. The molecule has 0 bridgehead atoms. The van der Waals surface area contributed by atoms with E-state index in [-0.39, 0.29) is 0 Å². The summed E-state index contributed by atoms with van der Waals surface area (Å²) in [6.45, 7) is 11.9. The van der Waals surface area contributed by atoms with Crippen LogP contribution in [-0.4, -0.2) is 86.2 Å². The number of piperazine rings is 2. The smallest absolute Gasteiger partial charge is 0.0347 e. The van der Waals surface area contributed by atoms with E-state index in [4.69, 9.17) is 0 Å². The lowest BCUT2D eigenvalue weighted by atomic mass is 10.0. The maximum Gasteiger partial charge on any atom is 0.0347 e. The Hall–Kier alpha value is -0.160. The summed E-state index contributed by atoms with van der Waals surface area (Å²) in [4.78, 5) is 7.77. The second-order valence-corrected chi connectivity index (χ2v) is 6.43. The molecule has 1 N–H and O–H groups in total. The molecule has 0 aromatic carbocycles. The van der Waals surface area contributed by atoms with Crippen molar-refractivity contribution in [3.05, 3.63) is 0 Å². The average Bonchev–Trinajstić information content (AvgIpc) is 2.42. The van der Waals surface area contributed by atoms with Gasteiger partial charge in [-0.05, 0) is 26.9 Å². The molecule has 0 amide bonds. The predicted octanol–water partition coefficient (Wildman–Crippen LogP) is 0.695. The molecule has 3 unspecified atom stereocenters. The van der Waals surface area contributed by atoms with Crippen LogP contribution >= 0.6 is 0 Å². The molecular formula is C15H32N4. The predicted molar refractivity (Wildman–Crippen MR) is 81.6 cm³/mol. The first-order chi connectivity index (χ1) is 9.13. The summed E-state index contributed by atoms with van der Waals surface area (Å²) < 4.78 is 0. The van der Waals surface area contributed by atoms with E-state index in [0.29, 0.717) is 12.1 Å². The fourth-order valence-corrected chi connectivity index (χ4v) is 3.40. The second-order valence-electron chi connectivity index (χ2n) is 6.43. The fraction of sp³-hybridized carbons (Fsp3) is 1.00. The van der Waals surface area contributed by atoms with Crippen molar-refractivity contribution < 1.29 is 0 Å². The Balaban J connectivity index is 1.93. The molecular weight excluding hydrogens is 236 g/mol. The molecule has 0 aliphatic carbocycles. The van der Waals surface area contributed by atoms with Gasteiger partial charge in [-0.1, -0.05) is 13.8 Å². The molecule has 112 valence electrons. The van der Waals surface area contributed by atoms with Gasteiger partial charge in [0.15, 0.2) is 0 Å². The number of hydrogen-bond acceptors (Lipinski definition) is 4. The molecule has 2 saturated heterocycles. The van der Waals surface area contributed by atoms with Gasteiger partial charge in [0.05, 0.1) is 0 Å². The van der Waals surface area contributed by atoms with Crippen LogP contribution < -0.4 is 5.32 Å². The molecule has 0 radical (unpaired) electrons. The summed E-state index contributed by atoms with van der Waals surface area (Å²) in [5, 5.41) is 3.69. The van der Waals surface area contributed by atoms with Crippen molar-refractivity contribution >= 4 is 0 Å². The average molecular weight is 268 g/mol. The van der Waals surface area contributed by atoms with E-state index in [2.05, 4.69) is 48.0 Å². The van der Waals surface area contributed by atoms with Crippen LogP contribution in [0.5, 0.6) is 0 Å². The maximum absolute atomic E-state index is 3.69. The standard InChI is InChI=1S/C15H32N4/c1-5-13-10-19(14(6-2)9-16-13)12-15-11-17(3)7-8-18(15)4/h13-16H,5-12H2,1-4H3. The van der Waals surface area contributed by atoms with E-state index in [9.17, 15) is 0 Å². The Morgan fingerprint density at radius 2 is 1.79 bits per heavy atom. The number of likely N-dealkylation sites (N-methyl/N-ethyl adjacent to an activating group) is 2. The van der Waals surface area contributed by atoms with Crippen molar-refractivity contribution in [2.45, 2.75) is 44.8 Å². The van der Waals surface area contributed by atoms with Gasteiger partial charge in [-0.25, -0.2) is 0 Å². The van der Waals surface area contributed by atoms with Crippen LogP contribution in [0.3, 0.4) is 0 Å². The van der Waals surface area contributed by atoms with Gasteiger partial charge in [0.2, 0.25) is 0 Å². The van der Waals surface area contributed by atoms with Gasteiger partial charge < -0.3 is 10.2 Å². The van der Waals surface area contributed by atoms with Gasteiger partial charge in [0, 0.05) is 57.4 Å². The Bertz CT molecular complexity index is 271. The van der Waals surface area contributed by atoms with Crippen molar-refractivity contribution in [1.82, 2.24) is 20.0 Å². The molecule has 0 saturated carbocycles. The van der Waals surface area contributed by atoms with Crippen molar-refractivity contribution in [1.29, 1.82) is 0 Å². The van der Waals surface area contributed by atoms with Crippen LogP contribution in [0, 0.1) is 0 Å². The van der Waals surface area contributed by atoms with E-state index in [1.165, 1.54) is 52.1 Å². The third-order valence-corrected chi connectivity index (χ3v) is 5.00. The lowest BCUT2D eigenvalue weighted by molar-refractivity contribution is 0.0479. The van der Waals surface area contributed by atoms with E-state index in [0.717, 1.165) is 6.04 Å². The van der Waals surface area contributed by atoms with Crippen molar-refractivity contribution in [2.75, 3.05) is 53.4 Å². The second kappa shape index (κ2) is 7.02. The van der Waals surface area contributed by atoms with Gasteiger partial charge in [-0.15, -0.1) is 0 Å². The van der Waals surface area contributed by atoms with E-state index >= 15 is 0 Å². The molecule has 19 heavy (non-hydrogen) atoms. The van der Waals surface area contributed by atoms with Gasteiger partial charge >= 0.3 is 0 Å². The summed E-state index contributed by atoms with van der Waals surface area (Å²) >= 11 is 0. The quantitative estimate of drug-likeness (QED) is 0.810. The monoisotopic (exact) mass is 268 g/mol. The minimum Gasteiger partial charge on any atom is -0.311 e. The molecule has 0 aromatic rings. The van der Waals surface area contributed by atoms with Crippen LogP contribution in [0.1, 0.15) is 26.7 Å². The van der Waals surface area contributed by atoms with E-state index in [1.54, 1.807) is 0 Å². The first-order valence-corrected chi connectivity index (χ1v) is 8.00. The molecule has 2 heterocycles. The highest BCUT2D eigenvalue weighted by molar-refractivity contribution is 4.89. The topological polar surface area (TPSA) is 21.8 Å². The van der Waals surface area contributed by atoms with Gasteiger partial charge in [-0.3, -0.25) is 9.80 Å². The Morgan fingerprint density at radius 3 is 2.47 bits per heavy atom. The number of hydrogen-bond donors (Lipinski definition) is 1. The Kier molecular flexibility index (Phi) is 5.63. The molecule has 4 nitrogen and oxygen atoms in total. The Morgan fingerprint density at radius 1 is 1.00 bits per heavy atom. The third kappa shape index (κ3) is 3.91. The van der Waals surface area contributed by atoms with Crippen LogP contribution in [0.15, 0.2) is 0 Å². The highest BCUT2D eigenvalue weighted by Gasteiger charge is 2.30. The third-order valence-electron chi connectivity index (χ3n) is 5.00. The summed E-state index contributed by atoms with van der Waals surface area (Å²) in [6, 6.07) is 2.11. The van der Waals surface area contributed by atoms with Gasteiger partial charge in [0.25, 0.3) is 0 Å². The number of nitrogens with zero attached hydrogens (tertiary/aromatic N) is 3. The highest BCUT2D eigenvalue weighted by Crippen LogP contribution is 2.15. The van der Waals surface area contributed by atoms with Gasteiger partial charge in [-0.2, -0.15) is 0 Å². The molecule has 2 rings (SSSR count). The molecule has 2 fully saturated rings. The molecule has 2 aliphatic rings. The van der Waals surface area contributed by atoms with Crippen LogP contribution in [0.25, 0.3) is 0 Å². The van der Waals surface area contributed by atoms with Gasteiger partial charge in [0.1, 0.15) is 0 Å². The lowest BCUT2D eigenvalue weighted by Gasteiger charge is -2.45. The Labute approximate surface area is 119 Å². The highest BCUT2D eigenvalue weighted by atomic mass is 15.3. The zero-order chi connectivity index (χ0) is 13.8. The minimum absolute atomic E-state index is 0.689. The molecule has 0 spiro atoms. The van der Waals surface area contributed by atoms with Crippen molar-refractivity contribution in [3.63, 3.8) is 0 Å². The van der Waals surface area contributed by atoms with E-state index in [1.807, 2.05) is 0 Å². The molecule has 0 aromatic heterocycles. The minimum atomic E-state index is 0.689. The number of nitrogens with one attached hydrogen (secondary N) is 1. The summed E-state index contributed by atoms with van der Waals surface area (Å²) in [5.41, 5.74) is 0. The van der Waals surface area contributed by atoms with Crippen LogP contribution in [0.4, 0.5) is 0 Å². The zero-order valence-corrected chi connectivity index (χ0v) is 13.2. The first-order valence-electron chi connectivity index (χ1n) is 8.00. The van der Waals surface area contributed by atoms with Crippen LogP contribution in [-0.2, 0) is 0 Å². The molecule has 2 aliphatic heterocycles. The summed E-state index contributed by atoms with van der Waals surface area (Å²) in [6.07, 6.45) is 2.50. The fourth-order valence-electron chi connectivity index (χ4n) is 3.40. The normalized spacial score (nSPS) is 35.7. The van der Waals surface area contributed by atoms with Crippen molar-refractivity contribution in [2.24, 2.45) is 0 Å². The number of rotatable bonds is 4. The molecule has 3 atom stereocenters. The summed E-state index contributed by atoms with van der Waals surface area (Å²) in [5.74, 6) is 0.